The number of aromatic hydroxyl groups is 1. The summed E-state index contributed by atoms with van der Waals surface area (Å²) in [5, 5.41) is 10.7. The minimum absolute atomic E-state index is 0.148. The van der Waals surface area contributed by atoms with Gasteiger partial charge >= 0.3 is 0 Å². The summed E-state index contributed by atoms with van der Waals surface area (Å²) in [5.74, 6) is 3.53. The van der Waals surface area contributed by atoms with Crippen LogP contribution in [0, 0.1) is 17.8 Å². The van der Waals surface area contributed by atoms with Gasteiger partial charge in [0.15, 0.2) is 6.29 Å². The van der Waals surface area contributed by atoms with Gasteiger partial charge in [0, 0.05) is 5.56 Å². The number of methoxy groups -OCH3 is 1. The van der Waals surface area contributed by atoms with Gasteiger partial charge < -0.3 is 9.84 Å². The van der Waals surface area contributed by atoms with Gasteiger partial charge in [0.1, 0.15) is 11.5 Å². The maximum Gasteiger partial charge on any atom is 0.153 e. The quantitative estimate of drug-likeness (QED) is 0.746. The Morgan fingerprint density at radius 1 is 0.963 bits per heavy atom. The van der Waals surface area contributed by atoms with Gasteiger partial charge in [-0.3, -0.25) is 4.79 Å². The summed E-state index contributed by atoms with van der Waals surface area (Å²) in [7, 11) is 1.58. The summed E-state index contributed by atoms with van der Waals surface area (Å²) in [5.41, 5.74) is 3.88. The Kier molecular flexibility index (Phi) is 3.82. The van der Waals surface area contributed by atoms with Crippen molar-refractivity contribution in [2.45, 2.75) is 43.9 Å². The molecule has 4 fully saturated rings. The van der Waals surface area contributed by atoms with E-state index in [1.807, 2.05) is 30.3 Å². The first-order chi connectivity index (χ1) is 13.1. The van der Waals surface area contributed by atoms with Crippen molar-refractivity contribution in [3.05, 3.63) is 47.5 Å². The first-order valence-electron chi connectivity index (χ1n) is 10.1. The van der Waals surface area contributed by atoms with E-state index in [9.17, 15) is 9.90 Å². The van der Waals surface area contributed by atoms with E-state index in [2.05, 4.69) is 6.07 Å². The third kappa shape index (κ3) is 2.67. The number of carbonyl (C=O) groups excluding carboxylic acids is 1. The molecule has 2 aromatic rings. The van der Waals surface area contributed by atoms with Gasteiger partial charge in [0.2, 0.25) is 0 Å². The van der Waals surface area contributed by atoms with Crippen LogP contribution in [0.15, 0.2) is 36.4 Å². The van der Waals surface area contributed by atoms with Crippen molar-refractivity contribution in [2.75, 3.05) is 7.11 Å². The number of carbonyl (C=O) groups is 1. The summed E-state index contributed by atoms with van der Waals surface area (Å²) >= 11 is 0. The molecule has 0 unspecified atom stereocenters. The molecular formula is C24H26O3. The molecule has 0 aromatic heterocycles. The predicted molar refractivity (Wildman–Crippen MR) is 105 cm³/mol. The van der Waals surface area contributed by atoms with Crippen LogP contribution in [-0.2, 0) is 5.41 Å². The molecule has 4 aliphatic carbocycles. The molecule has 27 heavy (non-hydrogen) atoms. The highest BCUT2D eigenvalue weighted by atomic mass is 16.5. The molecule has 0 spiro atoms. The molecule has 0 atom stereocenters. The first-order valence-corrected chi connectivity index (χ1v) is 10.1. The van der Waals surface area contributed by atoms with E-state index >= 15 is 0 Å². The zero-order valence-electron chi connectivity index (χ0n) is 15.8. The van der Waals surface area contributed by atoms with Crippen LogP contribution >= 0.6 is 0 Å². The fraction of sp³-hybridized carbons (Fsp3) is 0.458. The number of hydrogen-bond acceptors (Lipinski definition) is 3. The van der Waals surface area contributed by atoms with Gasteiger partial charge in [0.05, 0.1) is 12.7 Å². The lowest BCUT2D eigenvalue weighted by Gasteiger charge is -2.57. The summed E-state index contributed by atoms with van der Waals surface area (Å²) < 4.78 is 5.26. The van der Waals surface area contributed by atoms with Gasteiger partial charge in [-0.05, 0) is 97.1 Å². The average Bonchev–Trinajstić information content (AvgIpc) is 2.66. The monoisotopic (exact) mass is 362 g/mol. The predicted octanol–water partition coefficient (Wildman–Crippen LogP) is 5.35. The summed E-state index contributed by atoms with van der Waals surface area (Å²) in [6.45, 7) is 0. The van der Waals surface area contributed by atoms with E-state index in [0.717, 1.165) is 40.7 Å². The molecule has 4 bridgehead atoms. The number of ether oxygens (including phenoxy) is 1. The van der Waals surface area contributed by atoms with E-state index in [1.54, 1.807) is 7.11 Å². The fourth-order valence-corrected chi connectivity index (χ4v) is 6.59. The van der Waals surface area contributed by atoms with Crippen LogP contribution in [0.25, 0.3) is 11.1 Å². The number of hydrogen-bond donors (Lipinski definition) is 1. The number of benzene rings is 2. The van der Waals surface area contributed by atoms with Gasteiger partial charge in [-0.2, -0.15) is 0 Å². The molecule has 2 aromatic carbocycles. The highest BCUT2D eigenvalue weighted by molar-refractivity contribution is 5.83. The zero-order chi connectivity index (χ0) is 18.6. The Balaban J connectivity index is 1.57. The van der Waals surface area contributed by atoms with Crippen LogP contribution < -0.4 is 4.74 Å². The molecule has 6 rings (SSSR count). The minimum Gasteiger partial charge on any atom is -0.508 e. The zero-order valence-corrected chi connectivity index (χ0v) is 15.8. The van der Waals surface area contributed by atoms with Crippen molar-refractivity contribution < 1.29 is 14.6 Å². The topological polar surface area (TPSA) is 46.5 Å². The maximum absolute atomic E-state index is 11.4. The maximum atomic E-state index is 11.4. The largest absolute Gasteiger partial charge is 0.508 e. The Labute approximate surface area is 160 Å². The van der Waals surface area contributed by atoms with E-state index in [0.29, 0.717) is 17.1 Å². The Morgan fingerprint density at radius 3 is 2.15 bits per heavy atom. The van der Waals surface area contributed by atoms with Crippen LogP contribution in [0.3, 0.4) is 0 Å². The lowest BCUT2D eigenvalue weighted by molar-refractivity contribution is -0.00611. The van der Waals surface area contributed by atoms with Gasteiger partial charge in [-0.25, -0.2) is 0 Å². The third-order valence-corrected chi connectivity index (χ3v) is 7.30. The second-order valence-electron chi connectivity index (χ2n) is 9.00. The van der Waals surface area contributed by atoms with E-state index < -0.39 is 0 Å². The van der Waals surface area contributed by atoms with Gasteiger partial charge in [-0.15, -0.1) is 0 Å². The van der Waals surface area contributed by atoms with Crippen molar-refractivity contribution in [1.82, 2.24) is 0 Å². The van der Waals surface area contributed by atoms with Gasteiger partial charge in [-0.1, -0.05) is 12.1 Å². The average molecular weight is 362 g/mol. The second-order valence-corrected chi connectivity index (χ2v) is 9.00. The number of rotatable bonds is 4. The number of phenolic OH excluding ortho intramolecular Hbond substituents is 1. The van der Waals surface area contributed by atoms with Gasteiger partial charge in [0.25, 0.3) is 0 Å². The van der Waals surface area contributed by atoms with E-state index in [-0.39, 0.29) is 5.41 Å². The number of aldehydes is 1. The minimum atomic E-state index is 0.148. The third-order valence-electron chi connectivity index (χ3n) is 7.30. The molecule has 4 saturated carbocycles. The van der Waals surface area contributed by atoms with Crippen LogP contribution in [0.1, 0.15) is 54.4 Å². The molecule has 4 aliphatic rings. The van der Waals surface area contributed by atoms with E-state index in [4.69, 9.17) is 4.74 Å². The highest BCUT2D eigenvalue weighted by Gasteiger charge is 2.52. The lowest BCUT2D eigenvalue weighted by Crippen LogP contribution is -2.48. The molecule has 3 heteroatoms. The fourth-order valence-electron chi connectivity index (χ4n) is 6.59. The van der Waals surface area contributed by atoms with Crippen molar-refractivity contribution >= 4 is 6.29 Å². The lowest BCUT2D eigenvalue weighted by atomic mass is 9.48. The molecule has 3 nitrogen and oxygen atoms in total. The van der Waals surface area contributed by atoms with Crippen molar-refractivity contribution in [2.24, 2.45) is 17.8 Å². The Morgan fingerprint density at radius 2 is 1.56 bits per heavy atom. The molecular weight excluding hydrogens is 336 g/mol. The van der Waals surface area contributed by atoms with Crippen molar-refractivity contribution in [3.8, 4) is 22.6 Å². The van der Waals surface area contributed by atoms with Crippen LogP contribution in [0.5, 0.6) is 11.5 Å². The molecule has 0 aliphatic heterocycles. The standard InChI is InChI=1S/C24H26O3/c1-27-23-5-3-18(9-20(23)14-25)19-2-4-22(26)21(10-19)24-11-15-6-16(12-24)8-17(7-15)13-24/h2-5,9-10,14-17,26H,6-8,11-13H2,1H3. The molecule has 0 radical (unpaired) electrons. The van der Waals surface area contributed by atoms with Crippen LogP contribution in [0.4, 0.5) is 0 Å². The van der Waals surface area contributed by atoms with Crippen LogP contribution in [0.2, 0.25) is 0 Å². The molecule has 0 heterocycles. The first kappa shape index (κ1) is 16.9. The summed E-state index contributed by atoms with van der Waals surface area (Å²) in [6, 6.07) is 11.7. The van der Waals surface area contributed by atoms with Crippen molar-refractivity contribution in [3.63, 3.8) is 0 Å². The smallest absolute Gasteiger partial charge is 0.153 e. The summed E-state index contributed by atoms with van der Waals surface area (Å²) in [6.07, 6.45) is 8.67. The van der Waals surface area contributed by atoms with Crippen molar-refractivity contribution in [1.29, 1.82) is 0 Å². The SMILES string of the molecule is COc1ccc(-c2ccc(O)c(C34CC5CC(CC(C5)C3)C4)c2)cc1C=O. The Bertz CT molecular complexity index is 863. The van der Waals surface area contributed by atoms with E-state index in [1.165, 1.54) is 38.5 Å². The second kappa shape index (κ2) is 6.12. The Hall–Kier alpha value is -2.29. The summed E-state index contributed by atoms with van der Waals surface area (Å²) in [4.78, 5) is 11.4. The molecule has 0 amide bonds. The number of phenols is 1. The molecule has 140 valence electrons. The normalized spacial score (nSPS) is 31.1. The van der Waals surface area contributed by atoms with Crippen LogP contribution in [-0.4, -0.2) is 18.5 Å². The molecule has 0 saturated heterocycles. The molecule has 1 N–H and O–H groups in total. The highest BCUT2D eigenvalue weighted by Crippen LogP contribution is 2.62.